The van der Waals surface area contributed by atoms with Crippen molar-refractivity contribution in [3.8, 4) is 11.3 Å². The van der Waals surface area contributed by atoms with Gasteiger partial charge in [-0.3, -0.25) is 9.78 Å². The molecule has 1 aliphatic heterocycles. The molecule has 0 unspecified atom stereocenters. The predicted octanol–water partition coefficient (Wildman–Crippen LogP) is 3.67. The highest BCUT2D eigenvalue weighted by atomic mass is 16.1. The van der Waals surface area contributed by atoms with E-state index in [0.29, 0.717) is 6.54 Å². The number of H-pyrrole nitrogens is 1. The molecule has 0 atom stereocenters. The molecule has 2 N–H and O–H groups in total. The van der Waals surface area contributed by atoms with Crippen molar-refractivity contribution in [2.45, 2.75) is 6.42 Å². The number of pyridine rings is 1. The maximum atomic E-state index is 12.3. The molecule has 0 aliphatic carbocycles. The van der Waals surface area contributed by atoms with Crippen molar-refractivity contribution in [3.63, 3.8) is 0 Å². The number of carbonyl (C=O) groups is 1. The van der Waals surface area contributed by atoms with Gasteiger partial charge in [-0.15, -0.1) is 0 Å². The molecule has 24 heavy (non-hydrogen) atoms. The van der Waals surface area contributed by atoms with Crippen LogP contribution in [0.3, 0.4) is 0 Å². The summed E-state index contributed by atoms with van der Waals surface area (Å²) in [6, 6.07) is 16.1. The fourth-order valence-corrected chi connectivity index (χ4v) is 3.61. The minimum atomic E-state index is 0.00142. The van der Waals surface area contributed by atoms with Crippen LogP contribution in [0.1, 0.15) is 15.9 Å². The van der Waals surface area contributed by atoms with Gasteiger partial charge in [0.05, 0.1) is 11.2 Å². The van der Waals surface area contributed by atoms with E-state index in [-0.39, 0.29) is 5.91 Å². The van der Waals surface area contributed by atoms with E-state index < -0.39 is 0 Å². The van der Waals surface area contributed by atoms with E-state index in [4.69, 9.17) is 0 Å². The molecule has 3 heterocycles. The van der Waals surface area contributed by atoms with Crippen molar-refractivity contribution in [3.05, 3.63) is 65.9 Å². The molecule has 2 aromatic heterocycles. The Labute approximate surface area is 138 Å². The van der Waals surface area contributed by atoms with Crippen LogP contribution in [0.25, 0.3) is 33.1 Å². The first-order chi connectivity index (χ1) is 11.8. The molecular formula is C20H15N3O. The molecule has 0 fully saturated rings. The van der Waals surface area contributed by atoms with Gasteiger partial charge >= 0.3 is 0 Å². The molecule has 4 aromatic rings. The Hall–Kier alpha value is -3.14. The van der Waals surface area contributed by atoms with E-state index in [2.05, 4.69) is 27.4 Å². The zero-order valence-electron chi connectivity index (χ0n) is 13.0. The van der Waals surface area contributed by atoms with E-state index in [0.717, 1.165) is 45.0 Å². The van der Waals surface area contributed by atoms with Crippen molar-refractivity contribution < 1.29 is 4.79 Å². The van der Waals surface area contributed by atoms with E-state index in [1.165, 1.54) is 5.56 Å². The highest BCUT2D eigenvalue weighted by Crippen LogP contribution is 2.34. The highest BCUT2D eigenvalue weighted by molar-refractivity contribution is 6.10. The van der Waals surface area contributed by atoms with E-state index in [1.807, 2.05) is 42.6 Å². The fourth-order valence-electron chi connectivity index (χ4n) is 3.61. The normalized spacial score (nSPS) is 13.9. The van der Waals surface area contributed by atoms with Crippen LogP contribution in [0.15, 0.2) is 54.7 Å². The molecule has 5 rings (SSSR count). The van der Waals surface area contributed by atoms with E-state index >= 15 is 0 Å². The van der Waals surface area contributed by atoms with Crippen LogP contribution >= 0.6 is 0 Å². The Kier molecular flexibility index (Phi) is 2.73. The fraction of sp³-hybridized carbons (Fsp3) is 0.100. The summed E-state index contributed by atoms with van der Waals surface area (Å²) >= 11 is 0. The number of fused-ring (bicyclic) bond motifs is 1. The lowest BCUT2D eigenvalue weighted by molar-refractivity contribution is 0.0957. The number of amides is 1. The van der Waals surface area contributed by atoms with Crippen LogP contribution in [0, 0.1) is 0 Å². The van der Waals surface area contributed by atoms with Gasteiger partial charge in [-0.1, -0.05) is 24.3 Å². The molecule has 4 nitrogen and oxygen atoms in total. The molecule has 0 saturated heterocycles. The number of rotatable bonds is 1. The summed E-state index contributed by atoms with van der Waals surface area (Å²) in [5.74, 6) is 0.00142. The molecule has 0 saturated carbocycles. The topological polar surface area (TPSA) is 57.8 Å². The highest BCUT2D eigenvalue weighted by Gasteiger charge is 2.22. The number of aromatic nitrogens is 2. The average Bonchev–Trinajstić information content (AvgIpc) is 2.91. The first-order valence-electron chi connectivity index (χ1n) is 8.08. The zero-order valence-corrected chi connectivity index (χ0v) is 13.0. The Morgan fingerprint density at radius 3 is 2.92 bits per heavy atom. The van der Waals surface area contributed by atoms with Gasteiger partial charge in [-0.25, -0.2) is 0 Å². The summed E-state index contributed by atoms with van der Waals surface area (Å²) in [5.41, 5.74) is 6.04. The Morgan fingerprint density at radius 2 is 1.96 bits per heavy atom. The summed E-state index contributed by atoms with van der Waals surface area (Å²) < 4.78 is 0. The van der Waals surface area contributed by atoms with Gasteiger partial charge in [0, 0.05) is 40.2 Å². The molecule has 0 spiro atoms. The number of benzene rings is 2. The molecule has 1 amide bonds. The van der Waals surface area contributed by atoms with Gasteiger partial charge in [0.25, 0.3) is 5.91 Å². The van der Waals surface area contributed by atoms with Crippen LogP contribution in [0.2, 0.25) is 0 Å². The molecular weight excluding hydrogens is 298 g/mol. The lowest BCUT2D eigenvalue weighted by atomic mass is 10.0. The summed E-state index contributed by atoms with van der Waals surface area (Å²) in [6.07, 6.45) is 2.72. The Morgan fingerprint density at radius 1 is 1.04 bits per heavy atom. The maximum Gasteiger partial charge on any atom is 0.251 e. The third-order valence-electron chi connectivity index (χ3n) is 4.71. The van der Waals surface area contributed by atoms with Crippen molar-refractivity contribution >= 4 is 27.7 Å². The average molecular weight is 313 g/mol. The minimum absolute atomic E-state index is 0.00142. The second-order valence-electron chi connectivity index (χ2n) is 6.13. The number of aromatic amines is 1. The SMILES string of the molecule is O=C1NCCc2c(-c3cnc4ccccc4c3)[nH]c3cccc1c23. The van der Waals surface area contributed by atoms with Crippen LogP contribution in [-0.4, -0.2) is 22.4 Å². The summed E-state index contributed by atoms with van der Waals surface area (Å²) in [6.45, 7) is 0.647. The van der Waals surface area contributed by atoms with E-state index in [9.17, 15) is 4.79 Å². The molecule has 2 aromatic carbocycles. The zero-order chi connectivity index (χ0) is 16.1. The molecule has 116 valence electrons. The van der Waals surface area contributed by atoms with Crippen molar-refractivity contribution in [1.29, 1.82) is 0 Å². The van der Waals surface area contributed by atoms with Gasteiger partial charge in [0.1, 0.15) is 0 Å². The molecule has 4 heteroatoms. The second-order valence-corrected chi connectivity index (χ2v) is 6.13. The first kappa shape index (κ1) is 13.3. The number of hydrogen-bond acceptors (Lipinski definition) is 2. The van der Waals surface area contributed by atoms with Crippen LogP contribution in [0.4, 0.5) is 0 Å². The van der Waals surface area contributed by atoms with Gasteiger partial charge in [-0.2, -0.15) is 0 Å². The lowest BCUT2D eigenvalue weighted by Crippen LogP contribution is -2.23. The molecule has 0 radical (unpaired) electrons. The number of nitrogens with zero attached hydrogens (tertiary/aromatic N) is 1. The second kappa shape index (κ2) is 4.93. The Balaban J connectivity index is 1.81. The summed E-state index contributed by atoms with van der Waals surface area (Å²) in [7, 11) is 0. The first-order valence-corrected chi connectivity index (χ1v) is 8.08. The smallest absolute Gasteiger partial charge is 0.251 e. The number of nitrogens with one attached hydrogen (secondary N) is 2. The van der Waals surface area contributed by atoms with Gasteiger partial charge in [0.2, 0.25) is 0 Å². The third kappa shape index (κ3) is 1.86. The van der Waals surface area contributed by atoms with Gasteiger partial charge < -0.3 is 10.3 Å². The van der Waals surface area contributed by atoms with Crippen LogP contribution < -0.4 is 5.32 Å². The standard InChI is InChI=1S/C20H15N3O/c24-20-15-5-3-7-17-18(15)14(8-9-21-20)19(23-17)13-10-12-4-1-2-6-16(12)22-11-13/h1-7,10-11,23H,8-9H2,(H,21,24). The lowest BCUT2D eigenvalue weighted by Gasteiger charge is -2.05. The minimum Gasteiger partial charge on any atom is -0.354 e. The molecule has 1 aliphatic rings. The van der Waals surface area contributed by atoms with Crippen molar-refractivity contribution in [1.82, 2.24) is 15.3 Å². The summed E-state index contributed by atoms with van der Waals surface area (Å²) in [4.78, 5) is 20.4. The monoisotopic (exact) mass is 313 g/mol. The van der Waals surface area contributed by atoms with Crippen LogP contribution in [-0.2, 0) is 6.42 Å². The Bertz CT molecular complexity index is 1110. The maximum absolute atomic E-state index is 12.3. The molecule has 0 bridgehead atoms. The number of para-hydroxylation sites is 1. The quantitative estimate of drug-likeness (QED) is 0.563. The van der Waals surface area contributed by atoms with Gasteiger partial charge in [-0.05, 0) is 36.2 Å². The van der Waals surface area contributed by atoms with Crippen LogP contribution in [0.5, 0.6) is 0 Å². The third-order valence-corrected chi connectivity index (χ3v) is 4.71. The largest absolute Gasteiger partial charge is 0.354 e. The number of carbonyl (C=O) groups excluding carboxylic acids is 1. The van der Waals surface area contributed by atoms with E-state index in [1.54, 1.807) is 0 Å². The summed E-state index contributed by atoms with van der Waals surface area (Å²) in [5, 5.41) is 5.13. The van der Waals surface area contributed by atoms with Crippen molar-refractivity contribution in [2.24, 2.45) is 0 Å². The van der Waals surface area contributed by atoms with Gasteiger partial charge in [0.15, 0.2) is 0 Å². The van der Waals surface area contributed by atoms with Crippen molar-refractivity contribution in [2.75, 3.05) is 6.54 Å². The number of hydrogen-bond donors (Lipinski definition) is 2. The predicted molar refractivity (Wildman–Crippen MR) is 95.1 cm³/mol.